The van der Waals surface area contributed by atoms with Gasteiger partial charge in [0.2, 0.25) is 0 Å². The van der Waals surface area contributed by atoms with Gasteiger partial charge in [0.15, 0.2) is 17.5 Å². The molecule has 0 aliphatic carbocycles. The van der Waals surface area contributed by atoms with Gasteiger partial charge in [0, 0.05) is 21.9 Å². The molecule has 0 spiro atoms. The van der Waals surface area contributed by atoms with E-state index in [-0.39, 0.29) is 0 Å². The van der Waals surface area contributed by atoms with Crippen LogP contribution < -0.4 is 0 Å². The molecule has 0 atom stereocenters. The number of furan rings is 1. The standard InChI is InChI=1S/C47H35N3O/c1-28-22-29(2)25-34(24-28)32-16-18-33(19-17-32)45-48-46(50-47(49-45)42-14-9-13-40-39-12-7-8-15-43(39)51-44(40)42)41-21-20-36(37-10-5-6-11-38(37)41)35-26-30(3)23-31(4)27-35/h5-27H,1-4H3. The SMILES string of the molecule is Cc1cc(C)cc(-c2ccc(-c3nc(-c4ccc(-c5cc(C)cc(C)c5)c5ccccc45)nc(-c4cccc5c4oc4ccccc45)n3)cc2)c1. The van der Waals surface area contributed by atoms with Crippen LogP contribution in [0.1, 0.15) is 22.3 Å². The van der Waals surface area contributed by atoms with E-state index in [1.807, 2.05) is 24.3 Å². The number of hydrogen-bond donors (Lipinski definition) is 0. The molecule has 9 aromatic rings. The number of aryl methyl sites for hydroxylation is 4. The molecular formula is C47H35N3O. The van der Waals surface area contributed by atoms with Crippen LogP contribution in [-0.4, -0.2) is 15.0 Å². The Bertz CT molecular complexity index is 2750. The molecule has 0 N–H and O–H groups in total. The van der Waals surface area contributed by atoms with Crippen molar-refractivity contribution >= 4 is 32.7 Å². The molecule has 0 radical (unpaired) electrons. The monoisotopic (exact) mass is 657 g/mol. The molecule has 2 aromatic heterocycles. The van der Waals surface area contributed by atoms with E-state index in [9.17, 15) is 0 Å². The summed E-state index contributed by atoms with van der Waals surface area (Å²) < 4.78 is 6.47. The third kappa shape index (κ3) is 5.55. The van der Waals surface area contributed by atoms with Crippen molar-refractivity contribution in [2.24, 2.45) is 0 Å². The molecule has 2 heterocycles. The highest BCUT2D eigenvalue weighted by molar-refractivity contribution is 6.09. The fourth-order valence-electron chi connectivity index (χ4n) is 7.50. The number of para-hydroxylation sites is 2. The lowest BCUT2D eigenvalue weighted by Crippen LogP contribution is -2.01. The van der Waals surface area contributed by atoms with Crippen LogP contribution in [0, 0.1) is 27.7 Å². The molecule has 0 unspecified atom stereocenters. The molecule has 51 heavy (non-hydrogen) atoms. The summed E-state index contributed by atoms with van der Waals surface area (Å²) in [6.07, 6.45) is 0. The molecule has 0 saturated carbocycles. The van der Waals surface area contributed by atoms with Crippen molar-refractivity contribution in [2.45, 2.75) is 27.7 Å². The number of benzene rings is 7. The van der Waals surface area contributed by atoms with E-state index in [0.29, 0.717) is 17.5 Å². The van der Waals surface area contributed by atoms with E-state index < -0.39 is 0 Å². The smallest absolute Gasteiger partial charge is 0.167 e. The molecule has 0 fully saturated rings. The summed E-state index contributed by atoms with van der Waals surface area (Å²) >= 11 is 0. The van der Waals surface area contributed by atoms with Crippen LogP contribution in [0.5, 0.6) is 0 Å². The Morgan fingerprint density at radius 2 is 0.863 bits per heavy atom. The second-order valence-electron chi connectivity index (χ2n) is 13.6. The Hall–Kier alpha value is -6.39. The van der Waals surface area contributed by atoms with Gasteiger partial charge in [-0.15, -0.1) is 0 Å². The van der Waals surface area contributed by atoms with Crippen molar-refractivity contribution < 1.29 is 4.42 Å². The van der Waals surface area contributed by atoms with E-state index in [1.54, 1.807) is 0 Å². The molecule has 4 nitrogen and oxygen atoms in total. The summed E-state index contributed by atoms with van der Waals surface area (Å²) in [4.78, 5) is 15.5. The van der Waals surface area contributed by atoms with Crippen molar-refractivity contribution in [3.05, 3.63) is 162 Å². The molecule has 0 aliphatic rings. The lowest BCUT2D eigenvalue weighted by atomic mass is 9.93. The maximum absolute atomic E-state index is 6.47. The lowest BCUT2D eigenvalue weighted by Gasteiger charge is -2.14. The lowest BCUT2D eigenvalue weighted by molar-refractivity contribution is 0.669. The maximum atomic E-state index is 6.47. The molecule has 9 rings (SSSR count). The first kappa shape index (κ1) is 30.7. The minimum absolute atomic E-state index is 0.570. The Kier molecular flexibility index (Phi) is 7.32. The minimum Gasteiger partial charge on any atom is -0.455 e. The minimum atomic E-state index is 0.570. The van der Waals surface area contributed by atoms with Crippen LogP contribution in [-0.2, 0) is 0 Å². The molecule has 0 saturated heterocycles. The van der Waals surface area contributed by atoms with Gasteiger partial charge in [-0.05, 0) is 78.9 Å². The number of nitrogens with zero attached hydrogens (tertiary/aromatic N) is 3. The van der Waals surface area contributed by atoms with E-state index in [1.165, 1.54) is 38.9 Å². The third-order valence-corrected chi connectivity index (χ3v) is 9.68. The molecule has 4 heteroatoms. The van der Waals surface area contributed by atoms with Crippen molar-refractivity contribution in [2.75, 3.05) is 0 Å². The van der Waals surface area contributed by atoms with Crippen molar-refractivity contribution in [1.29, 1.82) is 0 Å². The quantitative estimate of drug-likeness (QED) is 0.185. The Morgan fingerprint density at radius 3 is 1.55 bits per heavy atom. The van der Waals surface area contributed by atoms with E-state index in [2.05, 4.69) is 143 Å². The molecule has 7 aromatic carbocycles. The first-order valence-electron chi connectivity index (χ1n) is 17.3. The third-order valence-electron chi connectivity index (χ3n) is 9.68. The zero-order chi connectivity index (χ0) is 34.6. The summed E-state index contributed by atoms with van der Waals surface area (Å²) in [6, 6.07) is 49.1. The Morgan fingerprint density at radius 1 is 0.353 bits per heavy atom. The first-order chi connectivity index (χ1) is 24.9. The van der Waals surface area contributed by atoms with Crippen molar-refractivity contribution in [1.82, 2.24) is 15.0 Å². The topological polar surface area (TPSA) is 51.8 Å². The van der Waals surface area contributed by atoms with E-state index in [0.717, 1.165) is 55.0 Å². The second kappa shape index (κ2) is 12.2. The van der Waals surface area contributed by atoms with Crippen molar-refractivity contribution in [3.8, 4) is 56.4 Å². The van der Waals surface area contributed by atoms with Crippen LogP contribution >= 0.6 is 0 Å². The van der Waals surface area contributed by atoms with Gasteiger partial charge >= 0.3 is 0 Å². The Labute approximate surface area is 297 Å². The van der Waals surface area contributed by atoms with E-state index in [4.69, 9.17) is 19.4 Å². The largest absolute Gasteiger partial charge is 0.455 e. The molecular weight excluding hydrogens is 623 g/mol. The van der Waals surface area contributed by atoms with Crippen LogP contribution in [0.3, 0.4) is 0 Å². The predicted molar refractivity (Wildman–Crippen MR) is 211 cm³/mol. The summed E-state index contributed by atoms with van der Waals surface area (Å²) in [5.41, 5.74) is 14.0. The van der Waals surface area contributed by atoms with Crippen LogP contribution in [0.25, 0.3) is 89.1 Å². The van der Waals surface area contributed by atoms with Crippen LogP contribution in [0.4, 0.5) is 0 Å². The zero-order valence-electron chi connectivity index (χ0n) is 29.0. The first-order valence-corrected chi connectivity index (χ1v) is 17.3. The highest BCUT2D eigenvalue weighted by Gasteiger charge is 2.19. The summed E-state index contributed by atoms with van der Waals surface area (Å²) in [5.74, 6) is 1.79. The average Bonchev–Trinajstić information content (AvgIpc) is 3.52. The van der Waals surface area contributed by atoms with Gasteiger partial charge in [0.05, 0.1) is 5.56 Å². The normalized spacial score (nSPS) is 11.5. The number of aromatic nitrogens is 3. The van der Waals surface area contributed by atoms with Gasteiger partial charge < -0.3 is 4.42 Å². The van der Waals surface area contributed by atoms with Crippen LogP contribution in [0.2, 0.25) is 0 Å². The van der Waals surface area contributed by atoms with Crippen molar-refractivity contribution in [3.63, 3.8) is 0 Å². The highest BCUT2D eigenvalue weighted by Crippen LogP contribution is 2.39. The van der Waals surface area contributed by atoms with Gasteiger partial charge in [0.1, 0.15) is 11.2 Å². The fourth-order valence-corrected chi connectivity index (χ4v) is 7.50. The zero-order valence-corrected chi connectivity index (χ0v) is 29.0. The van der Waals surface area contributed by atoms with Gasteiger partial charge in [-0.25, -0.2) is 15.0 Å². The highest BCUT2D eigenvalue weighted by atomic mass is 16.3. The van der Waals surface area contributed by atoms with Gasteiger partial charge in [-0.2, -0.15) is 0 Å². The maximum Gasteiger partial charge on any atom is 0.167 e. The second-order valence-corrected chi connectivity index (χ2v) is 13.6. The Balaban J connectivity index is 1.25. The summed E-state index contributed by atoms with van der Waals surface area (Å²) in [7, 11) is 0. The predicted octanol–water partition coefficient (Wildman–Crippen LogP) is 12.5. The summed E-state index contributed by atoms with van der Waals surface area (Å²) in [6.45, 7) is 8.58. The van der Waals surface area contributed by atoms with Gasteiger partial charge in [-0.3, -0.25) is 0 Å². The molecule has 0 amide bonds. The fraction of sp³-hybridized carbons (Fsp3) is 0.0851. The van der Waals surface area contributed by atoms with Crippen LogP contribution in [0.15, 0.2) is 144 Å². The van der Waals surface area contributed by atoms with Gasteiger partial charge in [-0.1, -0.05) is 144 Å². The number of rotatable bonds is 5. The molecule has 0 aliphatic heterocycles. The summed E-state index contributed by atoms with van der Waals surface area (Å²) in [5, 5.41) is 4.34. The average molecular weight is 658 g/mol. The van der Waals surface area contributed by atoms with E-state index >= 15 is 0 Å². The molecule has 0 bridgehead atoms. The number of fused-ring (bicyclic) bond motifs is 4. The molecule has 244 valence electrons. The van der Waals surface area contributed by atoms with Gasteiger partial charge in [0.25, 0.3) is 0 Å². The number of hydrogen-bond acceptors (Lipinski definition) is 4.